The van der Waals surface area contributed by atoms with Gasteiger partial charge in [-0.1, -0.05) is 39.0 Å². The molecule has 5 nitrogen and oxygen atoms in total. The third kappa shape index (κ3) is 17.4. The van der Waals surface area contributed by atoms with Crippen molar-refractivity contribution in [2.45, 2.75) is 45.4 Å². The molecule has 0 spiro atoms. The second-order valence-electron chi connectivity index (χ2n) is 4.84. The number of unbranched alkanes of at least 4 members (excludes halogenated alkanes) is 5. The van der Waals surface area contributed by atoms with Gasteiger partial charge < -0.3 is 21.1 Å². The van der Waals surface area contributed by atoms with Gasteiger partial charge in [-0.05, 0) is 13.0 Å². The fourth-order valence-corrected chi connectivity index (χ4v) is 1.83. The molecule has 0 aromatic heterocycles. The highest BCUT2D eigenvalue weighted by molar-refractivity contribution is 5.68. The smallest absolute Gasteiger partial charge is 0.317 e. The Morgan fingerprint density at radius 3 is 1.95 bits per heavy atom. The van der Waals surface area contributed by atoms with E-state index in [1.165, 1.54) is 38.5 Å². The average molecular weight is 273 g/mol. The Hall–Kier alpha value is -0.650. The Kier molecular flexibility index (Phi) is 14.9. The van der Waals surface area contributed by atoms with E-state index in [9.17, 15) is 4.79 Å². The highest BCUT2D eigenvalue weighted by Crippen LogP contribution is 2.03. The van der Waals surface area contributed by atoms with Crippen LogP contribution in [0.1, 0.15) is 45.4 Å². The Morgan fingerprint density at radius 2 is 1.32 bits per heavy atom. The van der Waals surface area contributed by atoms with Crippen LogP contribution in [-0.4, -0.2) is 50.3 Å². The molecule has 0 unspecified atom stereocenters. The first-order chi connectivity index (χ1) is 9.27. The summed E-state index contributed by atoms with van der Waals surface area (Å²) in [6, 6.07) is 0. The van der Waals surface area contributed by atoms with Crippen LogP contribution < -0.4 is 16.0 Å². The largest absolute Gasteiger partial charge is 0.480 e. The topological polar surface area (TPSA) is 73.4 Å². The van der Waals surface area contributed by atoms with Gasteiger partial charge in [0.25, 0.3) is 0 Å². The maximum atomic E-state index is 10.2. The zero-order chi connectivity index (χ0) is 14.2. The molecule has 0 aromatic rings. The summed E-state index contributed by atoms with van der Waals surface area (Å²) >= 11 is 0. The SMILES string of the molecule is CCCCCCCCNCCNCCNCC(=O)O. The summed E-state index contributed by atoms with van der Waals surface area (Å²) in [6.45, 7) is 6.81. The summed E-state index contributed by atoms with van der Waals surface area (Å²) in [5.74, 6) is -0.805. The quantitative estimate of drug-likeness (QED) is 0.337. The van der Waals surface area contributed by atoms with Gasteiger partial charge in [0.15, 0.2) is 0 Å². The lowest BCUT2D eigenvalue weighted by Crippen LogP contribution is -2.34. The number of hydrogen-bond donors (Lipinski definition) is 4. The van der Waals surface area contributed by atoms with E-state index in [-0.39, 0.29) is 6.54 Å². The van der Waals surface area contributed by atoms with Gasteiger partial charge in [0.05, 0.1) is 6.54 Å². The van der Waals surface area contributed by atoms with E-state index in [0.29, 0.717) is 6.54 Å². The lowest BCUT2D eigenvalue weighted by Gasteiger charge is -2.07. The van der Waals surface area contributed by atoms with E-state index in [2.05, 4.69) is 22.9 Å². The van der Waals surface area contributed by atoms with Crippen LogP contribution in [0.25, 0.3) is 0 Å². The molecule has 5 heteroatoms. The first kappa shape index (κ1) is 18.4. The minimum Gasteiger partial charge on any atom is -0.480 e. The van der Waals surface area contributed by atoms with Crippen molar-refractivity contribution in [2.24, 2.45) is 0 Å². The third-order valence-corrected chi connectivity index (χ3v) is 2.94. The molecule has 0 bridgehead atoms. The Morgan fingerprint density at radius 1 is 0.789 bits per heavy atom. The Labute approximate surface area is 117 Å². The molecule has 0 saturated carbocycles. The number of carbonyl (C=O) groups is 1. The van der Waals surface area contributed by atoms with Crippen LogP contribution in [0.15, 0.2) is 0 Å². The molecule has 0 aliphatic heterocycles. The summed E-state index contributed by atoms with van der Waals surface area (Å²) in [6.07, 6.45) is 8.02. The molecule has 0 radical (unpaired) electrons. The molecular formula is C14H31N3O2. The number of carboxylic acids is 1. The van der Waals surface area contributed by atoms with Crippen LogP contribution in [0.5, 0.6) is 0 Å². The van der Waals surface area contributed by atoms with Crippen LogP contribution >= 0.6 is 0 Å². The van der Waals surface area contributed by atoms with E-state index in [4.69, 9.17) is 5.11 Å². The predicted octanol–water partition coefficient (Wildman–Crippen LogP) is 1.20. The fourth-order valence-electron chi connectivity index (χ4n) is 1.83. The number of aliphatic carboxylic acids is 1. The first-order valence-corrected chi connectivity index (χ1v) is 7.61. The summed E-state index contributed by atoms with van der Waals surface area (Å²) in [4.78, 5) is 10.2. The van der Waals surface area contributed by atoms with Gasteiger partial charge in [-0.25, -0.2) is 0 Å². The third-order valence-electron chi connectivity index (χ3n) is 2.94. The van der Waals surface area contributed by atoms with E-state index in [1.54, 1.807) is 0 Å². The molecule has 0 aliphatic rings. The monoisotopic (exact) mass is 273 g/mol. The van der Waals surface area contributed by atoms with Crippen molar-refractivity contribution in [1.82, 2.24) is 16.0 Å². The van der Waals surface area contributed by atoms with Crippen molar-refractivity contribution in [2.75, 3.05) is 39.3 Å². The molecule has 4 N–H and O–H groups in total. The standard InChI is InChI=1S/C14H31N3O2/c1-2-3-4-5-6-7-8-15-9-10-16-11-12-17-13-14(18)19/h15-17H,2-13H2,1H3,(H,18,19). The van der Waals surface area contributed by atoms with E-state index < -0.39 is 5.97 Å². The average Bonchev–Trinajstić information content (AvgIpc) is 2.39. The minimum atomic E-state index is -0.805. The van der Waals surface area contributed by atoms with Gasteiger partial charge in [-0.2, -0.15) is 0 Å². The lowest BCUT2D eigenvalue weighted by molar-refractivity contribution is -0.135. The van der Waals surface area contributed by atoms with Crippen molar-refractivity contribution in [1.29, 1.82) is 0 Å². The molecule has 114 valence electrons. The normalized spacial score (nSPS) is 10.8. The zero-order valence-electron chi connectivity index (χ0n) is 12.3. The molecule has 0 saturated heterocycles. The van der Waals surface area contributed by atoms with Gasteiger partial charge in [0.1, 0.15) is 0 Å². The molecule has 0 aromatic carbocycles. The van der Waals surface area contributed by atoms with E-state index in [0.717, 1.165) is 26.2 Å². The highest BCUT2D eigenvalue weighted by Gasteiger charge is 1.94. The minimum absolute atomic E-state index is 0.0396. The molecule has 0 rings (SSSR count). The van der Waals surface area contributed by atoms with Crippen LogP contribution in [0.3, 0.4) is 0 Å². The number of nitrogens with one attached hydrogen (secondary N) is 3. The van der Waals surface area contributed by atoms with Crippen molar-refractivity contribution in [3.8, 4) is 0 Å². The van der Waals surface area contributed by atoms with Gasteiger partial charge in [-0.15, -0.1) is 0 Å². The number of hydrogen-bond acceptors (Lipinski definition) is 4. The molecule has 0 amide bonds. The maximum Gasteiger partial charge on any atom is 0.317 e. The van der Waals surface area contributed by atoms with Crippen molar-refractivity contribution < 1.29 is 9.90 Å². The Balaban J connectivity index is 2.93. The highest BCUT2D eigenvalue weighted by atomic mass is 16.4. The molecule has 0 fully saturated rings. The molecule has 19 heavy (non-hydrogen) atoms. The molecule has 0 heterocycles. The molecule has 0 aliphatic carbocycles. The summed E-state index contributed by atoms with van der Waals surface area (Å²) < 4.78 is 0. The predicted molar refractivity (Wildman–Crippen MR) is 79.6 cm³/mol. The Bertz CT molecular complexity index is 201. The molecule has 0 atom stereocenters. The second kappa shape index (κ2) is 15.4. The number of rotatable bonds is 15. The zero-order valence-corrected chi connectivity index (χ0v) is 12.3. The van der Waals surface area contributed by atoms with Crippen molar-refractivity contribution in [3.63, 3.8) is 0 Å². The summed E-state index contributed by atoms with van der Waals surface area (Å²) in [5.41, 5.74) is 0. The number of carboxylic acid groups (broad SMARTS) is 1. The van der Waals surface area contributed by atoms with Gasteiger partial charge >= 0.3 is 5.97 Å². The van der Waals surface area contributed by atoms with Gasteiger partial charge in [0, 0.05) is 26.2 Å². The summed E-state index contributed by atoms with van der Waals surface area (Å²) in [7, 11) is 0. The van der Waals surface area contributed by atoms with Gasteiger partial charge in [-0.3, -0.25) is 4.79 Å². The fraction of sp³-hybridized carbons (Fsp3) is 0.929. The first-order valence-electron chi connectivity index (χ1n) is 7.61. The van der Waals surface area contributed by atoms with Crippen LogP contribution in [-0.2, 0) is 4.79 Å². The summed E-state index contributed by atoms with van der Waals surface area (Å²) in [5, 5.41) is 17.9. The van der Waals surface area contributed by atoms with Gasteiger partial charge in [0.2, 0.25) is 0 Å². The van der Waals surface area contributed by atoms with Crippen molar-refractivity contribution >= 4 is 5.97 Å². The van der Waals surface area contributed by atoms with Crippen LogP contribution in [0.2, 0.25) is 0 Å². The maximum absolute atomic E-state index is 10.2. The molecular weight excluding hydrogens is 242 g/mol. The lowest BCUT2D eigenvalue weighted by atomic mass is 10.1. The van der Waals surface area contributed by atoms with Crippen molar-refractivity contribution in [3.05, 3.63) is 0 Å². The van der Waals surface area contributed by atoms with E-state index >= 15 is 0 Å². The van der Waals surface area contributed by atoms with Crippen LogP contribution in [0, 0.1) is 0 Å². The van der Waals surface area contributed by atoms with Crippen LogP contribution in [0.4, 0.5) is 0 Å². The van der Waals surface area contributed by atoms with E-state index in [1.807, 2.05) is 0 Å². The second-order valence-corrected chi connectivity index (χ2v) is 4.84.